The Morgan fingerprint density at radius 2 is 2.00 bits per heavy atom. The molecule has 0 atom stereocenters. The van der Waals surface area contributed by atoms with Gasteiger partial charge in [0.1, 0.15) is 0 Å². The second-order valence-electron chi connectivity index (χ2n) is 0.753. The molecule has 0 aromatic carbocycles. The van der Waals surface area contributed by atoms with Gasteiger partial charge in [-0.1, -0.05) is 0 Å². The van der Waals surface area contributed by atoms with Crippen LogP contribution in [0.25, 0.3) is 0 Å². The van der Waals surface area contributed by atoms with E-state index in [0.29, 0.717) is 0 Å². The molecule has 5 nitrogen and oxygen atoms in total. The molecule has 2 N–H and O–H groups in total. The highest BCUT2D eigenvalue weighted by atomic mass is 16.2. The minimum Gasteiger partial charge on any atom is -0.245 e. The predicted octanol–water partition coefficient (Wildman–Crippen LogP) is -1.26. The Labute approximate surface area is 33.9 Å². The fourth-order valence-electron chi connectivity index (χ4n) is 0.166. The second kappa shape index (κ2) is 0.925. The third-order valence-corrected chi connectivity index (χ3v) is 0.353. The third kappa shape index (κ3) is 0.291. The van der Waals surface area contributed by atoms with Gasteiger partial charge in [0, 0.05) is 1.43 Å². The summed E-state index contributed by atoms with van der Waals surface area (Å²) in [7, 11) is 0. The number of hydrogen-bond donors (Lipinski definition) is 2. The van der Waals surface area contributed by atoms with E-state index in [2.05, 4.69) is 10.4 Å². The minimum atomic E-state index is -0.380. The van der Waals surface area contributed by atoms with Crippen molar-refractivity contribution < 1.29 is 1.43 Å². The first-order valence-corrected chi connectivity index (χ1v) is 1.35. The number of aromatic amines is 2. The zero-order chi connectivity index (χ0) is 4.41. The average Bonchev–Trinajstić information content (AvgIpc) is 1.86. The smallest absolute Gasteiger partial charge is 0.245 e. The molecule has 0 amide bonds. The Morgan fingerprint density at radius 3 is 2.17 bits per heavy atom. The number of hydrogen-bond acceptors (Lipinski definition) is 3. The van der Waals surface area contributed by atoms with Crippen molar-refractivity contribution in [2.24, 2.45) is 0 Å². The molecule has 5 heteroatoms. The number of tetrazole rings is 1. The molecule has 1 aromatic heterocycles. The third-order valence-electron chi connectivity index (χ3n) is 0.353. The fraction of sp³-hybridized carbons (Fsp3) is 0. The molecule has 0 radical (unpaired) electrons. The van der Waals surface area contributed by atoms with Crippen molar-refractivity contribution in [2.45, 2.75) is 0 Å². The molecule has 6 heavy (non-hydrogen) atoms. The van der Waals surface area contributed by atoms with Crippen molar-refractivity contribution in [3.05, 3.63) is 10.5 Å². The van der Waals surface area contributed by atoms with Crippen LogP contribution in [0, 0.1) is 0 Å². The van der Waals surface area contributed by atoms with Crippen molar-refractivity contribution >= 4 is 0 Å². The van der Waals surface area contributed by atoms with Gasteiger partial charge < -0.3 is 0 Å². The Kier molecular flexibility index (Phi) is 0.474. The summed E-state index contributed by atoms with van der Waals surface area (Å²) < 4.78 is 0. The molecule has 34 valence electrons. The summed E-state index contributed by atoms with van der Waals surface area (Å²) >= 11 is 0. The van der Waals surface area contributed by atoms with Gasteiger partial charge in [-0.25, -0.2) is 15.0 Å². The lowest BCUT2D eigenvalue weighted by molar-refractivity contribution is 0.881. The van der Waals surface area contributed by atoms with E-state index in [0.717, 1.165) is 0 Å². The first kappa shape index (κ1) is 3.08. The first-order chi connectivity index (χ1) is 2.89. The Balaban J connectivity index is 0.000000360. The highest BCUT2D eigenvalue weighted by molar-refractivity contribution is 4.36. The lowest BCUT2D eigenvalue weighted by atomic mass is 11.4. The van der Waals surface area contributed by atoms with E-state index in [4.69, 9.17) is 0 Å². The second-order valence-corrected chi connectivity index (χ2v) is 0.753. The lowest BCUT2D eigenvalue weighted by Crippen LogP contribution is -2.00. The van der Waals surface area contributed by atoms with Gasteiger partial charge in [0.2, 0.25) is 0 Å². The van der Waals surface area contributed by atoms with Gasteiger partial charge in [0.05, 0.1) is 0 Å². The molecule has 0 bridgehead atoms. The summed E-state index contributed by atoms with van der Waals surface area (Å²) in [4.78, 5) is 9.83. The number of nitrogens with one attached hydrogen (secondary N) is 2. The van der Waals surface area contributed by atoms with Gasteiger partial charge in [-0.05, 0) is 10.4 Å². The minimum absolute atomic E-state index is 0. The summed E-state index contributed by atoms with van der Waals surface area (Å²) in [5.74, 6) is 0. The van der Waals surface area contributed by atoms with Crippen molar-refractivity contribution in [3.8, 4) is 0 Å². The van der Waals surface area contributed by atoms with Crippen LogP contribution >= 0.6 is 0 Å². The molecular formula is CH4N4O. The van der Waals surface area contributed by atoms with E-state index >= 15 is 0 Å². The largest absolute Gasteiger partial charge is 0.358 e. The maximum atomic E-state index is 9.83. The van der Waals surface area contributed by atoms with E-state index in [1.807, 2.05) is 10.2 Å². The summed E-state index contributed by atoms with van der Waals surface area (Å²) in [5.41, 5.74) is -0.380. The van der Waals surface area contributed by atoms with Crippen LogP contribution in [0.5, 0.6) is 0 Å². The maximum absolute atomic E-state index is 9.83. The molecule has 1 aromatic rings. The molecule has 0 spiro atoms. The SMILES string of the molecule is O=c1[nH]nn[nH]1.[HH]. The van der Waals surface area contributed by atoms with Crippen molar-refractivity contribution in [1.29, 1.82) is 0 Å². The summed E-state index contributed by atoms with van der Waals surface area (Å²) in [5, 5.41) is 10.2. The predicted molar refractivity (Wildman–Crippen MR) is 19.1 cm³/mol. The average molecular weight is 88.1 g/mol. The molecule has 0 unspecified atom stereocenters. The van der Waals surface area contributed by atoms with E-state index in [-0.39, 0.29) is 7.12 Å². The monoisotopic (exact) mass is 88.0 g/mol. The first-order valence-electron chi connectivity index (χ1n) is 1.35. The Morgan fingerprint density at radius 1 is 1.50 bits per heavy atom. The van der Waals surface area contributed by atoms with Crippen LogP contribution in [0.15, 0.2) is 4.79 Å². The van der Waals surface area contributed by atoms with Crippen LogP contribution in [0.2, 0.25) is 0 Å². The number of H-pyrrole nitrogens is 2. The van der Waals surface area contributed by atoms with E-state index in [1.165, 1.54) is 0 Å². The van der Waals surface area contributed by atoms with Gasteiger partial charge in [-0.2, -0.15) is 0 Å². The normalized spacial score (nSPS) is 8.67. The molecule has 0 aliphatic rings. The Bertz CT molecular complexity index is 149. The van der Waals surface area contributed by atoms with E-state index in [9.17, 15) is 4.79 Å². The highest BCUT2D eigenvalue weighted by Gasteiger charge is 1.72. The molecule has 0 fully saturated rings. The van der Waals surface area contributed by atoms with Gasteiger partial charge in [0.25, 0.3) is 0 Å². The molecule has 0 aliphatic heterocycles. The van der Waals surface area contributed by atoms with Gasteiger partial charge in [-0.3, -0.25) is 0 Å². The van der Waals surface area contributed by atoms with Gasteiger partial charge in [-0.15, -0.1) is 0 Å². The zero-order valence-electron chi connectivity index (χ0n) is 2.80. The van der Waals surface area contributed by atoms with Crippen LogP contribution in [0.1, 0.15) is 1.43 Å². The highest BCUT2D eigenvalue weighted by Crippen LogP contribution is 1.30. The fourth-order valence-corrected chi connectivity index (χ4v) is 0.166. The van der Waals surface area contributed by atoms with Gasteiger partial charge in [0.15, 0.2) is 0 Å². The number of rotatable bonds is 0. The maximum Gasteiger partial charge on any atom is 0.358 e. The summed E-state index contributed by atoms with van der Waals surface area (Å²) in [6, 6.07) is 0. The number of aromatic nitrogens is 4. The summed E-state index contributed by atoms with van der Waals surface area (Å²) in [6.07, 6.45) is 0. The van der Waals surface area contributed by atoms with Gasteiger partial charge >= 0.3 is 5.69 Å². The molecular weight excluding hydrogens is 84.0 g/mol. The summed E-state index contributed by atoms with van der Waals surface area (Å²) in [6.45, 7) is 0. The zero-order valence-corrected chi connectivity index (χ0v) is 2.80. The van der Waals surface area contributed by atoms with Crippen molar-refractivity contribution in [3.63, 3.8) is 0 Å². The van der Waals surface area contributed by atoms with Crippen molar-refractivity contribution in [2.75, 3.05) is 0 Å². The topological polar surface area (TPSA) is 74.4 Å². The van der Waals surface area contributed by atoms with Crippen LogP contribution in [0.3, 0.4) is 0 Å². The van der Waals surface area contributed by atoms with Crippen molar-refractivity contribution in [1.82, 2.24) is 20.6 Å². The molecule has 1 heterocycles. The lowest BCUT2D eigenvalue weighted by Gasteiger charge is -1.46. The molecule has 0 aliphatic carbocycles. The van der Waals surface area contributed by atoms with Crippen LogP contribution in [-0.4, -0.2) is 20.6 Å². The van der Waals surface area contributed by atoms with E-state index in [1.54, 1.807) is 0 Å². The number of nitrogens with zero attached hydrogens (tertiary/aromatic N) is 2. The molecule has 0 saturated heterocycles. The van der Waals surface area contributed by atoms with Crippen LogP contribution in [0.4, 0.5) is 0 Å². The van der Waals surface area contributed by atoms with Crippen LogP contribution in [-0.2, 0) is 0 Å². The molecule has 1 rings (SSSR count). The Hall–Kier alpha value is -1.13. The quantitative estimate of drug-likeness (QED) is 0.415. The standard InChI is InChI=1S/CH2N4O.H2/c6-1-2-4-5-3-1;/h(H2,2,3,4,5,6);1H. The molecule has 0 saturated carbocycles. The van der Waals surface area contributed by atoms with Crippen LogP contribution < -0.4 is 5.69 Å². The van der Waals surface area contributed by atoms with E-state index < -0.39 is 0 Å².